The van der Waals surface area contributed by atoms with Crippen LogP contribution in [0.1, 0.15) is 38.1 Å². The fraction of sp³-hybridized carbons (Fsp3) is 0.261. The van der Waals surface area contributed by atoms with Crippen LogP contribution < -0.4 is 5.32 Å². The smallest absolute Gasteiger partial charge is 0.348 e. The summed E-state index contributed by atoms with van der Waals surface area (Å²) in [6.45, 7) is 5.49. The van der Waals surface area contributed by atoms with Crippen molar-refractivity contribution in [3.05, 3.63) is 51.9 Å². The second kappa shape index (κ2) is 9.82. The molecule has 0 unspecified atom stereocenters. The topological polar surface area (TPSA) is 112 Å². The molecule has 4 aromatic rings. The Balaban J connectivity index is 1.58. The van der Waals surface area contributed by atoms with Gasteiger partial charge in [0.25, 0.3) is 0 Å². The summed E-state index contributed by atoms with van der Waals surface area (Å²) < 4.78 is 11.8. The Morgan fingerprint density at radius 1 is 1.15 bits per heavy atom. The van der Waals surface area contributed by atoms with Gasteiger partial charge in [-0.3, -0.25) is 9.20 Å². The number of nitrogens with one attached hydrogen (secondary N) is 1. The molecule has 0 radical (unpaired) electrons. The quantitative estimate of drug-likeness (QED) is 0.297. The molecule has 176 valence electrons. The highest BCUT2D eigenvalue weighted by Gasteiger charge is 2.27. The number of hydrogen-bond acceptors (Lipinski definition) is 9. The Bertz CT molecular complexity index is 1430. The minimum Gasteiger partial charge on any atom is -0.465 e. The summed E-state index contributed by atoms with van der Waals surface area (Å²) in [5.74, 6) is -1.53. The van der Waals surface area contributed by atoms with E-state index in [1.54, 1.807) is 13.8 Å². The largest absolute Gasteiger partial charge is 0.465 e. The number of hydrogen-bond donors (Lipinski definition) is 1. The van der Waals surface area contributed by atoms with Gasteiger partial charge in [-0.25, -0.2) is 9.59 Å². The maximum Gasteiger partial charge on any atom is 0.348 e. The van der Waals surface area contributed by atoms with E-state index in [4.69, 9.17) is 9.47 Å². The molecule has 0 fully saturated rings. The third kappa shape index (κ3) is 4.36. The third-order valence-corrected chi connectivity index (χ3v) is 7.27. The zero-order valence-electron chi connectivity index (χ0n) is 19.0. The van der Waals surface area contributed by atoms with Gasteiger partial charge >= 0.3 is 11.9 Å². The summed E-state index contributed by atoms with van der Waals surface area (Å²) in [6, 6.07) is 9.88. The van der Waals surface area contributed by atoms with E-state index in [2.05, 4.69) is 15.5 Å². The van der Waals surface area contributed by atoms with Crippen LogP contribution in [0.3, 0.4) is 0 Å². The van der Waals surface area contributed by atoms with Crippen molar-refractivity contribution in [3.63, 3.8) is 0 Å². The van der Waals surface area contributed by atoms with Gasteiger partial charge in [-0.15, -0.1) is 21.5 Å². The molecule has 0 aliphatic rings. The van der Waals surface area contributed by atoms with Crippen LogP contribution in [0.25, 0.3) is 16.6 Å². The SMILES string of the molecule is CCOC(=O)c1c(NC(=O)CSc2nnc3cc(C)c4ccccc4n23)sc(C(=O)OC)c1C. The van der Waals surface area contributed by atoms with E-state index in [0.29, 0.717) is 16.4 Å². The van der Waals surface area contributed by atoms with E-state index in [1.165, 1.54) is 18.9 Å². The zero-order valence-corrected chi connectivity index (χ0v) is 20.6. The average molecular weight is 499 g/mol. The Labute approximate surface area is 203 Å². The fourth-order valence-corrected chi connectivity index (χ4v) is 5.48. The molecule has 1 aromatic carbocycles. The van der Waals surface area contributed by atoms with Gasteiger partial charge in [0, 0.05) is 5.39 Å². The van der Waals surface area contributed by atoms with Crippen molar-refractivity contribution in [1.82, 2.24) is 14.6 Å². The van der Waals surface area contributed by atoms with Crippen LogP contribution in [0.5, 0.6) is 0 Å². The van der Waals surface area contributed by atoms with Crippen molar-refractivity contribution < 1.29 is 23.9 Å². The van der Waals surface area contributed by atoms with Gasteiger partial charge < -0.3 is 14.8 Å². The molecule has 0 saturated heterocycles. The lowest BCUT2D eigenvalue weighted by molar-refractivity contribution is -0.113. The minimum atomic E-state index is -0.611. The normalized spacial score (nSPS) is 11.1. The second-order valence-corrected chi connectivity index (χ2v) is 9.29. The van der Waals surface area contributed by atoms with Gasteiger partial charge in [0.05, 0.1) is 30.5 Å². The summed E-state index contributed by atoms with van der Waals surface area (Å²) in [5.41, 5.74) is 3.29. The van der Waals surface area contributed by atoms with Crippen LogP contribution >= 0.6 is 23.1 Å². The number of rotatable bonds is 7. The molecule has 9 nitrogen and oxygen atoms in total. The first kappa shape index (κ1) is 23.7. The predicted octanol–water partition coefficient (Wildman–Crippen LogP) is 4.25. The van der Waals surface area contributed by atoms with E-state index >= 15 is 0 Å². The second-order valence-electron chi connectivity index (χ2n) is 7.33. The number of carbonyl (C=O) groups is 3. The number of esters is 2. The number of thioether (sulfide) groups is 1. The summed E-state index contributed by atoms with van der Waals surface area (Å²) in [5, 5.41) is 13.1. The van der Waals surface area contributed by atoms with Crippen molar-refractivity contribution in [3.8, 4) is 0 Å². The maximum absolute atomic E-state index is 12.8. The molecule has 0 aliphatic heterocycles. The lowest BCUT2D eigenvalue weighted by Crippen LogP contribution is -2.16. The summed E-state index contributed by atoms with van der Waals surface area (Å²) in [7, 11) is 1.26. The van der Waals surface area contributed by atoms with Crippen LogP contribution in [-0.2, 0) is 14.3 Å². The monoisotopic (exact) mass is 498 g/mol. The number of amides is 1. The first-order valence-electron chi connectivity index (χ1n) is 10.4. The Hall–Kier alpha value is -3.44. The standard InChI is InChI=1S/C23H22N4O5S2/c1-5-32-21(29)18-13(3)19(22(30)31-4)34-20(18)24-17(28)11-33-23-26-25-16-10-12(2)14-8-6-7-9-15(14)27(16)23/h6-10H,5,11H2,1-4H3,(H,24,28). The summed E-state index contributed by atoms with van der Waals surface area (Å²) >= 11 is 2.21. The molecule has 3 heterocycles. The average Bonchev–Trinajstić information content (AvgIpc) is 3.38. The van der Waals surface area contributed by atoms with Gasteiger partial charge in [0.15, 0.2) is 10.8 Å². The number of para-hydroxylation sites is 1. The Morgan fingerprint density at radius 2 is 1.91 bits per heavy atom. The Kier molecular flexibility index (Phi) is 6.85. The highest BCUT2D eigenvalue weighted by molar-refractivity contribution is 7.99. The Morgan fingerprint density at radius 3 is 2.65 bits per heavy atom. The number of methoxy groups -OCH3 is 1. The van der Waals surface area contributed by atoms with Crippen molar-refractivity contribution >= 4 is 62.5 Å². The van der Waals surface area contributed by atoms with Crippen LogP contribution in [-0.4, -0.2) is 51.9 Å². The van der Waals surface area contributed by atoms with E-state index in [1.807, 2.05) is 41.7 Å². The predicted molar refractivity (Wildman–Crippen MR) is 131 cm³/mol. The van der Waals surface area contributed by atoms with Gasteiger partial charge in [0.1, 0.15) is 9.88 Å². The van der Waals surface area contributed by atoms with Crippen molar-refractivity contribution in [2.24, 2.45) is 0 Å². The van der Waals surface area contributed by atoms with E-state index in [-0.39, 0.29) is 33.7 Å². The molecule has 0 atom stereocenters. The van der Waals surface area contributed by atoms with E-state index in [0.717, 1.165) is 27.8 Å². The van der Waals surface area contributed by atoms with Gasteiger partial charge in [-0.1, -0.05) is 30.0 Å². The van der Waals surface area contributed by atoms with Crippen molar-refractivity contribution in [2.45, 2.75) is 25.9 Å². The molecule has 4 rings (SSSR count). The lowest BCUT2D eigenvalue weighted by Gasteiger charge is -2.08. The molecule has 1 N–H and O–H groups in total. The number of aromatic nitrogens is 3. The molecular weight excluding hydrogens is 476 g/mol. The molecule has 0 aliphatic carbocycles. The first-order valence-corrected chi connectivity index (χ1v) is 12.2. The number of nitrogens with zero attached hydrogens (tertiary/aromatic N) is 3. The molecule has 1 amide bonds. The minimum absolute atomic E-state index is 0.0236. The highest BCUT2D eigenvalue weighted by Crippen LogP contribution is 2.34. The fourth-order valence-electron chi connectivity index (χ4n) is 3.60. The number of benzene rings is 1. The number of ether oxygens (including phenoxy) is 2. The van der Waals surface area contributed by atoms with Gasteiger partial charge in [0.2, 0.25) is 5.91 Å². The van der Waals surface area contributed by atoms with Crippen LogP contribution in [0.15, 0.2) is 35.5 Å². The number of anilines is 1. The third-order valence-electron chi connectivity index (χ3n) is 5.16. The van der Waals surface area contributed by atoms with Crippen LogP contribution in [0.2, 0.25) is 0 Å². The van der Waals surface area contributed by atoms with E-state index < -0.39 is 11.9 Å². The zero-order chi connectivity index (χ0) is 24.4. The van der Waals surface area contributed by atoms with Crippen LogP contribution in [0, 0.1) is 13.8 Å². The van der Waals surface area contributed by atoms with Crippen molar-refractivity contribution in [1.29, 1.82) is 0 Å². The number of fused-ring (bicyclic) bond motifs is 3. The first-order chi connectivity index (χ1) is 16.3. The molecule has 0 spiro atoms. The van der Waals surface area contributed by atoms with Crippen LogP contribution in [0.4, 0.5) is 5.00 Å². The number of aryl methyl sites for hydroxylation is 1. The summed E-state index contributed by atoms with van der Waals surface area (Å²) in [6.07, 6.45) is 0. The van der Waals surface area contributed by atoms with Crippen molar-refractivity contribution in [2.75, 3.05) is 24.8 Å². The van der Waals surface area contributed by atoms with Gasteiger partial charge in [-0.05, 0) is 44.0 Å². The molecule has 0 saturated carbocycles. The molecule has 11 heteroatoms. The number of thiophene rings is 1. The van der Waals surface area contributed by atoms with Gasteiger partial charge in [-0.2, -0.15) is 0 Å². The highest BCUT2D eigenvalue weighted by atomic mass is 32.2. The van der Waals surface area contributed by atoms with E-state index in [9.17, 15) is 14.4 Å². The molecule has 3 aromatic heterocycles. The lowest BCUT2D eigenvalue weighted by atomic mass is 10.1. The summed E-state index contributed by atoms with van der Waals surface area (Å²) in [4.78, 5) is 37.6. The maximum atomic E-state index is 12.8. The molecule has 34 heavy (non-hydrogen) atoms. The molecular formula is C23H22N4O5S2. The number of carbonyl (C=O) groups excluding carboxylic acids is 3. The molecule has 0 bridgehead atoms. The number of pyridine rings is 1.